The molecule has 0 unspecified atom stereocenters. The fourth-order valence-corrected chi connectivity index (χ4v) is 3.09. The van der Waals surface area contributed by atoms with E-state index in [1.165, 1.54) is 11.3 Å². The van der Waals surface area contributed by atoms with Crippen molar-refractivity contribution in [1.29, 1.82) is 0 Å². The number of hydrogen-bond donors (Lipinski definition) is 1. The molecule has 130 valence electrons. The molecular weight excluding hydrogens is 336 g/mol. The highest BCUT2D eigenvalue weighted by Gasteiger charge is 2.15. The second kappa shape index (κ2) is 7.58. The summed E-state index contributed by atoms with van der Waals surface area (Å²) in [4.78, 5) is 14.6. The zero-order valence-electron chi connectivity index (χ0n) is 14.4. The van der Waals surface area contributed by atoms with Crippen LogP contribution in [0.5, 0.6) is 0 Å². The van der Waals surface area contributed by atoms with Gasteiger partial charge < -0.3 is 4.42 Å². The molecule has 3 aromatic rings. The first kappa shape index (κ1) is 17.3. The van der Waals surface area contributed by atoms with E-state index in [1.54, 1.807) is 12.3 Å². The van der Waals surface area contributed by atoms with E-state index in [9.17, 15) is 4.79 Å². The third-order valence-electron chi connectivity index (χ3n) is 3.98. The third kappa shape index (κ3) is 4.32. The van der Waals surface area contributed by atoms with Gasteiger partial charge in [0.15, 0.2) is 0 Å². The largest absolute Gasteiger partial charge is 0.468 e. The van der Waals surface area contributed by atoms with Gasteiger partial charge in [0.2, 0.25) is 5.13 Å². The highest BCUT2D eigenvalue weighted by molar-refractivity contribution is 7.15. The summed E-state index contributed by atoms with van der Waals surface area (Å²) in [5, 5.41) is 11.9. The van der Waals surface area contributed by atoms with E-state index >= 15 is 0 Å². The molecule has 2 heterocycles. The lowest BCUT2D eigenvalue weighted by Gasteiger charge is -2.23. The molecule has 2 aromatic heterocycles. The van der Waals surface area contributed by atoms with Gasteiger partial charge >= 0.3 is 0 Å². The highest BCUT2D eigenvalue weighted by Crippen LogP contribution is 2.21. The van der Waals surface area contributed by atoms with E-state index in [0.29, 0.717) is 17.2 Å². The number of carbonyl (C=O) groups excluding carboxylic acids is 1. The molecule has 1 amide bonds. The van der Waals surface area contributed by atoms with Gasteiger partial charge in [-0.05, 0) is 50.7 Å². The summed E-state index contributed by atoms with van der Waals surface area (Å²) < 4.78 is 5.47. The van der Waals surface area contributed by atoms with Gasteiger partial charge in [-0.1, -0.05) is 23.5 Å². The smallest absolute Gasteiger partial charge is 0.257 e. The Morgan fingerprint density at radius 2 is 2.16 bits per heavy atom. The van der Waals surface area contributed by atoms with Crippen molar-refractivity contribution in [3.8, 4) is 0 Å². The maximum Gasteiger partial charge on any atom is 0.257 e. The first-order valence-electron chi connectivity index (χ1n) is 7.97. The minimum Gasteiger partial charge on any atom is -0.468 e. The molecule has 25 heavy (non-hydrogen) atoms. The second-order valence-corrected chi connectivity index (χ2v) is 7.07. The van der Waals surface area contributed by atoms with E-state index in [-0.39, 0.29) is 11.9 Å². The summed E-state index contributed by atoms with van der Waals surface area (Å²) in [6.45, 7) is 4.65. The molecule has 0 bridgehead atoms. The predicted octanol–water partition coefficient (Wildman–Crippen LogP) is 3.88. The number of aryl methyl sites for hydroxylation is 1. The third-order valence-corrected chi connectivity index (χ3v) is 4.74. The number of nitrogens with zero attached hydrogens (tertiary/aromatic N) is 3. The van der Waals surface area contributed by atoms with Gasteiger partial charge in [-0.15, -0.1) is 10.2 Å². The number of carbonyl (C=O) groups is 1. The first-order chi connectivity index (χ1) is 12.0. The number of nitrogens with one attached hydrogen (secondary N) is 1. The Morgan fingerprint density at radius 3 is 2.84 bits per heavy atom. The van der Waals surface area contributed by atoms with Crippen LogP contribution < -0.4 is 5.32 Å². The first-order valence-corrected chi connectivity index (χ1v) is 8.78. The lowest BCUT2D eigenvalue weighted by atomic mass is 10.1. The molecule has 0 radical (unpaired) electrons. The Balaban J connectivity index is 1.67. The number of aromatic nitrogens is 2. The monoisotopic (exact) mass is 356 g/mol. The number of anilines is 1. The van der Waals surface area contributed by atoms with Crippen molar-refractivity contribution >= 4 is 22.4 Å². The Morgan fingerprint density at radius 1 is 1.32 bits per heavy atom. The predicted molar refractivity (Wildman–Crippen MR) is 97.6 cm³/mol. The Kier molecular flexibility index (Phi) is 5.25. The van der Waals surface area contributed by atoms with E-state index in [4.69, 9.17) is 4.42 Å². The van der Waals surface area contributed by atoms with Gasteiger partial charge in [0.05, 0.1) is 12.3 Å². The average molecular weight is 356 g/mol. The molecule has 1 aromatic carbocycles. The minimum absolute atomic E-state index is 0.150. The van der Waals surface area contributed by atoms with Crippen LogP contribution in [0.15, 0.2) is 47.1 Å². The molecule has 3 rings (SSSR count). The molecule has 0 aliphatic carbocycles. The Bertz CT molecular complexity index is 844. The van der Waals surface area contributed by atoms with Crippen LogP contribution in [0.3, 0.4) is 0 Å². The average Bonchev–Trinajstić information content (AvgIpc) is 3.26. The van der Waals surface area contributed by atoms with Crippen LogP contribution in [0.1, 0.15) is 39.7 Å². The summed E-state index contributed by atoms with van der Waals surface area (Å²) in [5.41, 5.74) is 1.66. The number of rotatable bonds is 6. The molecule has 0 saturated carbocycles. The van der Waals surface area contributed by atoms with E-state index in [0.717, 1.165) is 16.3 Å². The minimum atomic E-state index is -0.181. The number of hydrogen-bond acceptors (Lipinski definition) is 6. The molecule has 1 N–H and O–H groups in total. The van der Waals surface area contributed by atoms with Crippen molar-refractivity contribution in [3.05, 3.63) is 64.6 Å². The molecular formula is C18H20N4O2S. The Labute approximate surface area is 150 Å². The van der Waals surface area contributed by atoms with Crippen LogP contribution in [0, 0.1) is 6.92 Å². The van der Waals surface area contributed by atoms with E-state index < -0.39 is 0 Å². The normalized spacial score (nSPS) is 12.3. The van der Waals surface area contributed by atoms with Crippen LogP contribution in [0.2, 0.25) is 0 Å². The quantitative estimate of drug-likeness (QED) is 0.725. The van der Waals surface area contributed by atoms with Gasteiger partial charge in [0.25, 0.3) is 5.91 Å². The van der Waals surface area contributed by atoms with Crippen LogP contribution in [0.25, 0.3) is 0 Å². The number of benzene rings is 1. The van der Waals surface area contributed by atoms with E-state index in [2.05, 4.69) is 27.3 Å². The van der Waals surface area contributed by atoms with Crippen LogP contribution in [-0.4, -0.2) is 28.1 Å². The molecule has 0 aliphatic rings. The van der Waals surface area contributed by atoms with Gasteiger partial charge in [0.1, 0.15) is 10.8 Å². The van der Waals surface area contributed by atoms with Crippen LogP contribution in [0.4, 0.5) is 5.13 Å². The molecule has 1 atom stereocenters. The molecule has 7 heteroatoms. The lowest BCUT2D eigenvalue weighted by molar-refractivity contribution is 0.102. The van der Waals surface area contributed by atoms with Gasteiger partial charge in [-0.3, -0.25) is 15.0 Å². The maximum absolute atomic E-state index is 12.4. The van der Waals surface area contributed by atoms with Gasteiger partial charge in [-0.25, -0.2) is 0 Å². The fraction of sp³-hybridized carbons (Fsp3) is 0.278. The van der Waals surface area contributed by atoms with Crippen molar-refractivity contribution in [2.24, 2.45) is 0 Å². The Hall–Kier alpha value is -2.51. The van der Waals surface area contributed by atoms with Gasteiger partial charge in [0, 0.05) is 12.1 Å². The van der Waals surface area contributed by atoms with Crippen LogP contribution >= 0.6 is 11.3 Å². The number of furan rings is 1. The lowest BCUT2D eigenvalue weighted by Crippen LogP contribution is -2.22. The zero-order valence-corrected chi connectivity index (χ0v) is 15.2. The molecule has 0 spiro atoms. The van der Waals surface area contributed by atoms with Crippen molar-refractivity contribution < 1.29 is 9.21 Å². The second-order valence-electron chi connectivity index (χ2n) is 5.89. The van der Waals surface area contributed by atoms with Crippen molar-refractivity contribution in [1.82, 2.24) is 15.1 Å². The van der Waals surface area contributed by atoms with E-state index in [1.807, 2.05) is 44.3 Å². The summed E-state index contributed by atoms with van der Waals surface area (Å²) in [5.74, 6) is 0.739. The summed E-state index contributed by atoms with van der Waals surface area (Å²) in [7, 11) is 2.03. The SMILES string of the molecule is Cc1nnc(NC(=O)c2cccc(CN(C)[C@H](C)c3ccco3)c2)s1. The summed E-state index contributed by atoms with van der Waals surface area (Å²) >= 11 is 1.36. The standard InChI is InChI=1S/C18H20N4O2S/c1-12(16-8-5-9-24-16)22(3)11-14-6-4-7-15(10-14)17(23)19-18-21-20-13(2)25-18/h4-10,12H,11H2,1-3H3,(H,19,21,23)/t12-/m1/s1. The van der Waals surface area contributed by atoms with Crippen molar-refractivity contribution in [2.75, 3.05) is 12.4 Å². The maximum atomic E-state index is 12.4. The topological polar surface area (TPSA) is 71.3 Å². The zero-order chi connectivity index (χ0) is 17.8. The fourth-order valence-electron chi connectivity index (χ4n) is 2.50. The molecule has 0 fully saturated rings. The van der Waals surface area contributed by atoms with Crippen molar-refractivity contribution in [3.63, 3.8) is 0 Å². The summed E-state index contributed by atoms with van der Waals surface area (Å²) in [6, 6.07) is 11.6. The summed E-state index contributed by atoms with van der Waals surface area (Å²) in [6.07, 6.45) is 1.68. The van der Waals surface area contributed by atoms with Crippen molar-refractivity contribution in [2.45, 2.75) is 26.4 Å². The van der Waals surface area contributed by atoms with Crippen LogP contribution in [-0.2, 0) is 6.54 Å². The molecule has 0 aliphatic heterocycles. The highest BCUT2D eigenvalue weighted by atomic mass is 32.1. The van der Waals surface area contributed by atoms with Gasteiger partial charge in [-0.2, -0.15) is 0 Å². The number of amides is 1. The molecule has 6 nitrogen and oxygen atoms in total. The molecule has 0 saturated heterocycles.